The maximum Gasteiger partial charge on any atom is 0.133 e. The van der Waals surface area contributed by atoms with Gasteiger partial charge in [-0.05, 0) is 19.1 Å². The molecule has 0 aliphatic rings. The van der Waals surface area contributed by atoms with Gasteiger partial charge >= 0.3 is 0 Å². The lowest BCUT2D eigenvalue weighted by molar-refractivity contribution is 0.390. The van der Waals surface area contributed by atoms with E-state index in [1.165, 1.54) is 5.69 Å². The number of aryl methyl sites for hydroxylation is 1. The van der Waals surface area contributed by atoms with Gasteiger partial charge in [0.05, 0.1) is 6.54 Å². The molecule has 0 aliphatic heterocycles. The van der Waals surface area contributed by atoms with Crippen LogP contribution in [0.1, 0.15) is 11.5 Å². The highest BCUT2D eigenvalue weighted by molar-refractivity contribution is 5.45. The Bertz CT molecular complexity index is 422. The molecule has 0 fully saturated rings. The summed E-state index contributed by atoms with van der Waals surface area (Å²) in [6, 6.07) is 12.2. The van der Waals surface area contributed by atoms with E-state index in [0.29, 0.717) is 0 Å². The van der Waals surface area contributed by atoms with Gasteiger partial charge in [-0.2, -0.15) is 0 Å². The second-order valence-electron chi connectivity index (χ2n) is 3.62. The molecule has 3 nitrogen and oxygen atoms in total. The molecule has 1 aromatic heterocycles. The molecular weight excluding hydrogens is 188 g/mol. The second-order valence-corrected chi connectivity index (χ2v) is 3.62. The van der Waals surface area contributed by atoms with Crippen molar-refractivity contribution in [2.45, 2.75) is 13.5 Å². The molecule has 0 unspecified atom stereocenters. The van der Waals surface area contributed by atoms with Crippen LogP contribution in [0.4, 0.5) is 5.69 Å². The van der Waals surface area contributed by atoms with E-state index in [-0.39, 0.29) is 0 Å². The molecule has 15 heavy (non-hydrogen) atoms. The Balaban J connectivity index is 2.07. The van der Waals surface area contributed by atoms with Gasteiger partial charge in [0.2, 0.25) is 0 Å². The Morgan fingerprint density at radius 1 is 1.27 bits per heavy atom. The molecule has 3 heteroatoms. The third-order valence-electron chi connectivity index (χ3n) is 2.27. The fourth-order valence-corrected chi connectivity index (χ4v) is 1.51. The summed E-state index contributed by atoms with van der Waals surface area (Å²) in [6.07, 6.45) is 0. The molecule has 1 heterocycles. The molecule has 0 spiro atoms. The van der Waals surface area contributed by atoms with Crippen molar-refractivity contribution in [1.82, 2.24) is 5.16 Å². The smallest absolute Gasteiger partial charge is 0.133 e. The van der Waals surface area contributed by atoms with Crippen molar-refractivity contribution < 1.29 is 4.52 Å². The van der Waals surface area contributed by atoms with Gasteiger partial charge in [-0.15, -0.1) is 0 Å². The van der Waals surface area contributed by atoms with Gasteiger partial charge in [0, 0.05) is 18.8 Å². The monoisotopic (exact) mass is 202 g/mol. The molecule has 78 valence electrons. The van der Waals surface area contributed by atoms with E-state index in [4.69, 9.17) is 4.52 Å². The lowest BCUT2D eigenvalue weighted by Gasteiger charge is -2.17. The lowest BCUT2D eigenvalue weighted by atomic mass is 10.3. The van der Waals surface area contributed by atoms with Gasteiger partial charge in [-0.3, -0.25) is 0 Å². The van der Waals surface area contributed by atoms with Crippen LogP contribution in [-0.4, -0.2) is 12.2 Å². The van der Waals surface area contributed by atoms with Gasteiger partial charge in [0.15, 0.2) is 0 Å². The van der Waals surface area contributed by atoms with E-state index in [9.17, 15) is 0 Å². The first-order valence-corrected chi connectivity index (χ1v) is 4.94. The lowest BCUT2D eigenvalue weighted by Crippen LogP contribution is -2.16. The highest BCUT2D eigenvalue weighted by atomic mass is 16.5. The first kappa shape index (κ1) is 9.77. The Labute approximate surface area is 89.3 Å². The largest absolute Gasteiger partial charge is 0.369 e. The molecule has 0 radical (unpaired) electrons. The van der Waals surface area contributed by atoms with Crippen LogP contribution in [0.15, 0.2) is 40.9 Å². The van der Waals surface area contributed by atoms with Crippen LogP contribution in [0, 0.1) is 6.92 Å². The molecule has 0 aliphatic carbocycles. The maximum atomic E-state index is 5.02. The predicted molar refractivity (Wildman–Crippen MR) is 59.8 cm³/mol. The summed E-state index contributed by atoms with van der Waals surface area (Å²) in [5.41, 5.74) is 2.14. The van der Waals surface area contributed by atoms with Crippen LogP contribution in [-0.2, 0) is 6.54 Å². The van der Waals surface area contributed by atoms with Crippen LogP contribution in [0.3, 0.4) is 0 Å². The molecule has 1 aromatic carbocycles. The van der Waals surface area contributed by atoms with Gasteiger partial charge in [0.25, 0.3) is 0 Å². The molecule has 0 N–H and O–H groups in total. The number of anilines is 1. The van der Waals surface area contributed by atoms with E-state index < -0.39 is 0 Å². The van der Waals surface area contributed by atoms with Crippen LogP contribution in [0.5, 0.6) is 0 Å². The highest BCUT2D eigenvalue weighted by Gasteiger charge is 2.04. The minimum absolute atomic E-state index is 0.765. The quantitative estimate of drug-likeness (QED) is 0.766. The summed E-state index contributed by atoms with van der Waals surface area (Å²) >= 11 is 0. The second kappa shape index (κ2) is 4.17. The molecule has 2 rings (SSSR count). The third kappa shape index (κ3) is 2.37. The number of benzene rings is 1. The van der Waals surface area contributed by atoms with Crippen molar-refractivity contribution >= 4 is 5.69 Å². The van der Waals surface area contributed by atoms with E-state index in [1.807, 2.05) is 38.2 Å². The van der Waals surface area contributed by atoms with Crippen molar-refractivity contribution in [1.29, 1.82) is 0 Å². The van der Waals surface area contributed by atoms with Crippen molar-refractivity contribution in [3.8, 4) is 0 Å². The molecule has 0 amide bonds. The van der Waals surface area contributed by atoms with Crippen LogP contribution in [0.2, 0.25) is 0 Å². The Hall–Kier alpha value is -1.77. The zero-order chi connectivity index (χ0) is 10.7. The minimum atomic E-state index is 0.765. The van der Waals surface area contributed by atoms with Crippen LogP contribution < -0.4 is 4.90 Å². The minimum Gasteiger partial charge on any atom is -0.369 e. The number of para-hydroxylation sites is 1. The first-order chi connectivity index (χ1) is 7.25. The van der Waals surface area contributed by atoms with Gasteiger partial charge in [0.1, 0.15) is 11.5 Å². The maximum absolute atomic E-state index is 5.02. The summed E-state index contributed by atoms with van der Waals surface area (Å²) in [5.74, 6) is 0.853. The fourth-order valence-electron chi connectivity index (χ4n) is 1.51. The van der Waals surface area contributed by atoms with E-state index >= 15 is 0 Å². The molecule has 0 bridgehead atoms. The molecule has 2 aromatic rings. The zero-order valence-corrected chi connectivity index (χ0v) is 8.97. The number of aromatic nitrogens is 1. The number of hydrogen-bond donors (Lipinski definition) is 0. The predicted octanol–water partition coefficient (Wildman–Crippen LogP) is 2.62. The number of rotatable bonds is 3. The van der Waals surface area contributed by atoms with Crippen molar-refractivity contribution in [2.75, 3.05) is 11.9 Å². The van der Waals surface area contributed by atoms with Gasteiger partial charge in [-0.25, -0.2) is 0 Å². The summed E-state index contributed by atoms with van der Waals surface area (Å²) in [7, 11) is 2.04. The van der Waals surface area contributed by atoms with Gasteiger partial charge in [-0.1, -0.05) is 23.4 Å². The fraction of sp³-hybridized carbons (Fsp3) is 0.250. The average molecular weight is 202 g/mol. The zero-order valence-electron chi connectivity index (χ0n) is 8.97. The van der Waals surface area contributed by atoms with E-state index in [0.717, 1.165) is 18.0 Å². The Kier molecular flexibility index (Phi) is 2.72. The van der Waals surface area contributed by atoms with Crippen molar-refractivity contribution in [3.63, 3.8) is 0 Å². The van der Waals surface area contributed by atoms with Crippen LogP contribution in [0.25, 0.3) is 0 Å². The normalized spacial score (nSPS) is 10.3. The number of hydrogen-bond acceptors (Lipinski definition) is 3. The Morgan fingerprint density at radius 2 is 2.00 bits per heavy atom. The van der Waals surface area contributed by atoms with Crippen molar-refractivity contribution in [2.24, 2.45) is 0 Å². The molecule has 0 saturated heterocycles. The standard InChI is InChI=1S/C12H14N2O/c1-10-8-11(13-15-10)9-14(2)12-6-4-3-5-7-12/h3-8H,9H2,1-2H3. The van der Waals surface area contributed by atoms with Crippen molar-refractivity contribution in [3.05, 3.63) is 47.9 Å². The topological polar surface area (TPSA) is 29.3 Å². The first-order valence-electron chi connectivity index (χ1n) is 4.94. The SMILES string of the molecule is Cc1cc(CN(C)c2ccccc2)no1. The van der Waals surface area contributed by atoms with E-state index in [1.54, 1.807) is 0 Å². The van der Waals surface area contributed by atoms with Gasteiger partial charge < -0.3 is 9.42 Å². The summed E-state index contributed by atoms with van der Waals surface area (Å²) in [4.78, 5) is 2.14. The average Bonchev–Trinajstić information content (AvgIpc) is 2.65. The Morgan fingerprint density at radius 3 is 2.60 bits per heavy atom. The highest BCUT2D eigenvalue weighted by Crippen LogP contribution is 2.14. The van der Waals surface area contributed by atoms with E-state index in [2.05, 4.69) is 22.2 Å². The summed E-state index contributed by atoms with van der Waals surface area (Å²) in [5, 5.41) is 3.96. The third-order valence-corrected chi connectivity index (χ3v) is 2.27. The summed E-state index contributed by atoms with van der Waals surface area (Å²) < 4.78 is 5.02. The van der Waals surface area contributed by atoms with Crippen LogP contribution >= 0.6 is 0 Å². The molecule has 0 atom stereocenters. The molecular formula is C12H14N2O. The number of nitrogens with zero attached hydrogens (tertiary/aromatic N) is 2. The summed E-state index contributed by atoms with van der Waals surface area (Å²) in [6.45, 7) is 2.67. The molecule has 0 saturated carbocycles.